The largest absolute Gasteiger partial charge is 0.506 e. The molecular formula is C22H22N2O3S2. The maximum absolute atomic E-state index is 12.7. The molecule has 0 radical (unpaired) electrons. The van der Waals surface area contributed by atoms with E-state index >= 15 is 0 Å². The molecule has 1 fully saturated rings. The predicted octanol–water partition coefficient (Wildman–Crippen LogP) is 4.57. The first-order valence-corrected chi connectivity index (χ1v) is 10.6. The van der Waals surface area contributed by atoms with Crippen molar-refractivity contribution in [2.24, 2.45) is 0 Å². The Balaban J connectivity index is 1.54. The number of thiocarbonyl (C=S) groups is 1. The van der Waals surface area contributed by atoms with Gasteiger partial charge in [0.15, 0.2) is 0 Å². The Hall–Kier alpha value is -2.64. The summed E-state index contributed by atoms with van der Waals surface area (Å²) in [6, 6.07) is 14.7. The van der Waals surface area contributed by atoms with Gasteiger partial charge in [0.25, 0.3) is 5.91 Å². The molecule has 2 amide bonds. The topological polar surface area (TPSA) is 69.6 Å². The van der Waals surface area contributed by atoms with Crippen molar-refractivity contribution < 1.29 is 14.7 Å². The van der Waals surface area contributed by atoms with Crippen LogP contribution in [-0.4, -0.2) is 32.7 Å². The number of carbonyl (C=O) groups excluding carboxylic acids is 2. The Bertz CT molecular complexity index is 955. The van der Waals surface area contributed by atoms with Gasteiger partial charge in [0.1, 0.15) is 10.1 Å². The van der Waals surface area contributed by atoms with Crippen molar-refractivity contribution in [2.75, 3.05) is 11.9 Å². The number of phenols is 1. The minimum absolute atomic E-state index is 0.0231. The Morgan fingerprint density at radius 3 is 2.62 bits per heavy atom. The van der Waals surface area contributed by atoms with Crippen LogP contribution in [0.1, 0.15) is 30.9 Å². The standard InChI is InChI=1S/C22H22N2O3S2/c1-2-15-9-11-16(12-10-15)14-19-21(27)24(22(28)29-19)13-5-8-20(26)23-17-6-3-4-7-18(17)25/h3-4,6-7,9-12,14,25H,2,5,8,13H2,1H3,(H,23,26)/b19-14-. The molecule has 0 bridgehead atoms. The summed E-state index contributed by atoms with van der Waals surface area (Å²) in [5, 5.41) is 12.4. The van der Waals surface area contributed by atoms with Gasteiger partial charge in [-0.1, -0.05) is 67.3 Å². The lowest BCUT2D eigenvalue weighted by Gasteiger charge is -2.14. The van der Waals surface area contributed by atoms with Crippen molar-refractivity contribution in [3.63, 3.8) is 0 Å². The molecule has 29 heavy (non-hydrogen) atoms. The van der Waals surface area contributed by atoms with Crippen LogP contribution in [0.5, 0.6) is 5.75 Å². The van der Waals surface area contributed by atoms with Gasteiger partial charge in [-0.15, -0.1) is 0 Å². The van der Waals surface area contributed by atoms with Crippen molar-refractivity contribution >= 4 is 51.9 Å². The van der Waals surface area contributed by atoms with E-state index in [-0.39, 0.29) is 24.0 Å². The molecule has 2 aromatic carbocycles. The van der Waals surface area contributed by atoms with Crippen LogP contribution in [0.2, 0.25) is 0 Å². The number of aromatic hydroxyl groups is 1. The molecule has 1 aliphatic rings. The fourth-order valence-electron chi connectivity index (χ4n) is 2.88. The first kappa shape index (κ1) is 21.1. The SMILES string of the molecule is CCc1ccc(/C=C2\SC(=S)N(CCCC(=O)Nc3ccccc3O)C2=O)cc1. The number of anilines is 1. The smallest absolute Gasteiger partial charge is 0.266 e. The van der Waals surface area contributed by atoms with Crippen molar-refractivity contribution in [1.82, 2.24) is 4.90 Å². The number of nitrogens with zero attached hydrogens (tertiary/aromatic N) is 1. The second-order valence-electron chi connectivity index (χ2n) is 6.60. The maximum Gasteiger partial charge on any atom is 0.266 e. The molecule has 0 spiro atoms. The van der Waals surface area contributed by atoms with Crippen LogP contribution in [0.3, 0.4) is 0 Å². The molecule has 7 heteroatoms. The van der Waals surface area contributed by atoms with Crippen LogP contribution < -0.4 is 5.32 Å². The molecule has 0 aliphatic carbocycles. The van der Waals surface area contributed by atoms with Crippen LogP contribution >= 0.6 is 24.0 Å². The zero-order chi connectivity index (χ0) is 20.8. The highest BCUT2D eigenvalue weighted by Gasteiger charge is 2.31. The number of benzene rings is 2. The number of amides is 2. The second kappa shape index (κ2) is 9.71. The molecule has 2 aromatic rings. The van der Waals surface area contributed by atoms with Crippen LogP contribution in [0.25, 0.3) is 6.08 Å². The molecule has 0 aromatic heterocycles. The van der Waals surface area contributed by atoms with Crippen LogP contribution in [0.15, 0.2) is 53.4 Å². The van der Waals surface area contributed by atoms with Crippen LogP contribution in [0.4, 0.5) is 5.69 Å². The molecule has 1 heterocycles. The minimum Gasteiger partial charge on any atom is -0.506 e. The number of hydrogen-bond donors (Lipinski definition) is 2. The monoisotopic (exact) mass is 426 g/mol. The van der Waals surface area contributed by atoms with E-state index in [0.717, 1.165) is 12.0 Å². The fraction of sp³-hybridized carbons (Fsp3) is 0.227. The van der Waals surface area contributed by atoms with Gasteiger partial charge in [-0.25, -0.2) is 0 Å². The highest BCUT2D eigenvalue weighted by atomic mass is 32.2. The molecule has 1 aliphatic heterocycles. The van der Waals surface area contributed by atoms with Gasteiger partial charge in [-0.3, -0.25) is 14.5 Å². The summed E-state index contributed by atoms with van der Waals surface area (Å²) >= 11 is 6.63. The van der Waals surface area contributed by atoms with Gasteiger partial charge in [0, 0.05) is 13.0 Å². The van der Waals surface area contributed by atoms with Crippen LogP contribution in [0, 0.1) is 0 Å². The van der Waals surface area contributed by atoms with E-state index in [1.165, 1.54) is 23.4 Å². The minimum atomic E-state index is -0.219. The van der Waals surface area contributed by atoms with Crippen LogP contribution in [-0.2, 0) is 16.0 Å². The summed E-state index contributed by atoms with van der Waals surface area (Å²) in [5.74, 6) is -0.320. The van der Waals surface area contributed by atoms with Gasteiger partial charge in [-0.05, 0) is 42.2 Å². The van der Waals surface area contributed by atoms with Crippen molar-refractivity contribution in [3.8, 4) is 5.75 Å². The lowest BCUT2D eigenvalue weighted by Crippen LogP contribution is -2.29. The molecule has 150 valence electrons. The van der Waals surface area contributed by atoms with E-state index < -0.39 is 0 Å². The highest BCUT2D eigenvalue weighted by Crippen LogP contribution is 2.32. The molecule has 2 N–H and O–H groups in total. The van der Waals surface area contributed by atoms with Gasteiger partial charge >= 0.3 is 0 Å². The van der Waals surface area contributed by atoms with E-state index in [4.69, 9.17) is 12.2 Å². The summed E-state index contributed by atoms with van der Waals surface area (Å²) in [6.07, 6.45) is 3.52. The molecular weight excluding hydrogens is 404 g/mol. The van der Waals surface area contributed by atoms with Gasteiger partial charge in [-0.2, -0.15) is 0 Å². The maximum atomic E-state index is 12.7. The van der Waals surface area contributed by atoms with Gasteiger partial charge < -0.3 is 10.4 Å². The number of carbonyl (C=O) groups is 2. The number of rotatable bonds is 7. The van der Waals surface area contributed by atoms with E-state index in [1.807, 2.05) is 18.2 Å². The van der Waals surface area contributed by atoms with Crippen molar-refractivity contribution in [2.45, 2.75) is 26.2 Å². The van der Waals surface area contributed by atoms with Crippen molar-refractivity contribution in [1.29, 1.82) is 0 Å². The summed E-state index contributed by atoms with van der Waals surface area (Å²) in [5.41, 5.74) is 2.58. The average molecular weight is 427 g/mol. The van der Waals surface area contributed by atoms with Gasteiger partial charge in [0.2, 0.25) is 5.91 Å². The Kier molecular flexibility index (Phi) is 7.06. The van der Waals surface area contributed by atoms with E-state index in [1.54, 1.807) is 23.1 Å². The number of phenolic OH excluding ortho intramolecular Hbond substituents is 1. The third-order valence-corrected chi connectivity index (χ3v) is 5.90. The zero-order valence-electron chi connectivity index (χ0n) is 16.1. The average Bonchev–Trinajstić information content (AvgIpc) is 2.97. The second-order valence-corrected chi connectivity index (χ2v) is 8.27. The summed E-state index contributed by atoms with van der Waals surface area (Å²) < 4.78 is 0.507. The molecule has 0 atom stereocenters. The first-order chi connectivity index (χ1) is 14.0. The summed E-state index contributed by atoms with van der Waals surface area (Å²) in [7, 11) is 0. The Morgan fingerprint density at radius 2 is 1.93 bits per heavy atom. The molecule has 5 nitrogen and oxygen atoms in total. The fourth-order valence-corrected chi connectivity index (χ4v) is 4.19. The number of nitrogens with one attached hydrogen (secondary N) is 1. The number of thioether (sulfide) groups is 1. The molecule has 0 unspecified atom stereocenters. The third kappa shape index (κ3) is 5.46. The van der Waals surface area contributed by atoms with E-state index in [0.29, 0.717) is 27.9 Å². The van der Waals surface area contributed by atoms with Gasteiger partial charge in [0.05, 0.1) is 10.6 Å². The number of aryl methyl sites for hydroxylation is 1. The molecule has 3 rings (SSSR count). The van der Waals surface area contributed by atoms with Crippen molar-refractivity contribution in [3.05, 3.63) is 64.6 Å². The predicted molar refractivity (Wildman–Crippen MR) is 122 cm³/mol. The normalized spacial score (nSPS) is 15.2. The third-order valence-electron chi connectivity index (χ3n) is 4.52. The highest BCUT2D eigenvalue weighted by molar-refractivity contribution is 8.26. The van der Waals surface area contributed by atoms with E-state index in [2.05, 4.69) is 24.4 Å². The molecule has 1 saturated heterocycles. The quantitative estimate of drug-likeness (QED) is 0.385. The zero-order valence-corrected chi connectivity index (χ0v) is 17.7. The summed E-state index contributed by atoms with van der Waals surface area (Å²) in [6.45, 7) is 2.48. The summed E-state index contributed by atoms with van der Waals surface area (Å²) in [4.78, 5) is 26.9. The first-order valence-electron chi connectivity index (χ1n) is 9.40. The lowest BCUT2D eigenvalue weighted by molar-refractivity contribution is -0.122. The number of hydrogen-bond acceptors (Lipinski definition) is 5. The molecule has 0 saturated carbocycles. The number of para-hydroxylation sites is 2. The Labute approximate surface area is 179 Å². The van der Waals surface area contributed by atoms with E-state index in [9.17, 15) is 14.7 Å². The lowest BCUT2D eigenvalue weighted by atomic mass is 10.1. The Morgan fingerprint density at radius 1 is 1.21 bits per heavy atom.